The summed E-state index contributed by atoms with van der Waals surface area (Å²) in [5.74, 6) is 0. The molecule has 1 heterocycles. The first kappa shape index (κ1) is 3.91. The molecule has 0 N–H and O–H groups in total. The van der Waals surface area contributed by atoms with Gasteiger partial charge in [-0.05, 0) is 0 Å². The molecule has 0 radical (unpaired) electrons. The van der Waals surface area contributed by atoms with Gasteiger partial charge in [-0.25, -0.2) is 4.98 Å². The SMILES string of the molecule is [O-][n+]1ncncn1. The van der Waals surface area contributed by atoms with Crippen molar-refractivity contribution in [1.29, 1.82) is 0 Å². The smallest absolute Gasteiger partial charge is 0.189 e. The van der Waals surface area contributed by atoms with Crippen LogP contribution < -0.4 is 4.96 Å². The summed E-state index contributed by atoms with van der Waals surface area (Å²) in [4.78, 5) is 3.59. The Labute approximate surface area is 39.2 Å². The molecule has 1 rings (SSSR count). The minimum absolute atomic E-state index is 0.188. The molecule has 0 spiro atoms. The molecule has 0 fully saturated rings. The molecule has 36 valence electrons. The second kappa shape index (κ2) is 1.46. The van der Waals surface area contributed by atoms with E-state index < -0.39 is 0 Å². The van der Waals surface area contributed by atoms with Crippen LogP contribution in [0.4, 0.5) is 0 Å². The number of hydrogen-bond donors (Lipinski definition) is 0. The summed E-state index contributed by atoms with van der Waals surface area (Å²) in [6.45, 7) is 0. The van der Waals surface area contributed by atoms with Crippen molar-refractivity contribution in [2.45, 2.75) is 0 Å². The van der Waals surface area contributed by atoms with Gasteiger partial charge in [0.15, 0.2) is 12.7 Å². The van der Waals surface area contributed by atoms with Crippen molar-refractivity contribution in [2.24, 2.45) is 0 Å². The summed E-state index contributed by atoms with van der Waals surface area (Å²) >= 11 is 0. The summed E-state index contributed by atoms with van der Waals surface area (Å²) in [6.07, 6.45) is 2.25. The topological polar surface area (TPSA) is 65.6 Å². The van der Waals surface area contributed by atoms with Crippen molar-refractivity contribution < 1.29 is 4.96 Å². The van der Waals surface area contributed by atoms with Gasteiger partial charge in [0.25, 0.3) is 0 Å². The molecular weight excluding hydrogens is 96.0 g/mol. The van der Waals surface area contributed by atoms with Crippen LogP contribution in [0.25, 0.3) is 0 Å². The first-order chi connectivity index (χ1) is 3.39. The molecule has 0 atom stereocenters. The van der Waals surface area contributed by atoms with Gasteiger partial charge in [0, 0.05) is 0 Å². The average Bonchev–Trinajstić information content (AvgIpc) is 1.69. The Hall–Kier alpha value is -1.26. The fraction of sp³-hybridized carbons (Fsp3) is 0. The van der Waals surface area contributed by atoms with Gasteiger partial charge in [-0.1, -0.05) is 0 Å². The lowest BCUT2D eigenvalue weighted by atomic mass is 11.2. The Balaban J connectivity index is 3.02. The molecule has 0 aliphatic heterocycles. The maximum Gasteiger partial charge on any atom is 0.189 e. The van der Waals surface area contributed by atoms with Crippen molar-refractivity contribution in [2.75, 3.05) is 0 Å². The monoisotopic (exact) mass is 98.0 g/mol. The first-order valence-corrected chi connectivity index (χ1v) is 1.62. The molecule has 1 aromatic heterocycles. The van der Waals surface area contributed by atoms with Crippen LogP contribution in [0.15, 0.2) is 12.7 Å². The van der Waals surface area contributed by atoms with Crippen LogP contribution in [-0.4, -0.2) is 15.2 Å². The molecule has 0 aliphatic carbocycles. The maximum atomic E-state index is 9.92. The zero-order chi connectivity index (χ0) is 5.11. The standard InChI is InChI=1S/C2H2N4O/c7-6-4-1-3-2-5-6/h1-2H. The second-order valence-corrected chi connectivity index (χ2v) is 0.864. The predicted molar refractivity (Wildman–Crippen MR) is 18.8 cm³/mol. The molecule has 0 amide bonds. The van der Waals surface area contributed by atoms with Gasteiger partial charge in [0.1, 0.15) is 0 Å². The van der Waals surface area contributed by atoms with Gasteiger partial charge in [-0.15, -0.1) is 0 Å². The van der Waals surface area contributed by atoms with E-state index in [1.807, 2.05) is 0 Å². The fourth-order valence-electron chi connectivity index (χ4n) is 0.208. The van der Waals surface area contributed by atoms with Crippen LogP contribution in [0.2, 0.25) is 0 Å². The molecule has 0 unspecified atom stereocenters. The second-order valence-electron chi connectivity index (χ2n) is 0.864. The van der Waals surface area contributed by atoms with Crippen molar-refractivity contribution in [3.63, 3.8) is 0 Å². The molecule has 5 nitrogen and oxygen atoms in total. The molecule has 0 saturated heterocycles. The Morgan fingerprint density at radius 2 is 1.86 bits per heavy atom. The van der Waals surface area contributed by atoms with E-state index in [0.717, 1.165) is 12.7 Å². The molecule has 5 heteroatoms. The van der Waals surface area contributed by atoms with E-state index >= 15 is 0 Å². The minimum Gasteiger partial charge on any atom is -0.569 e. The van der Waals surface area contributed by atoms with Crippen molar-refractivity contribution in [3.8, 4) is 0 Å². The highest BCUT2D eigenvalue weighted by atomic mass is 16.5. The summed E-state index contributed by atoms with van der Waals surface area (Å²) in [5.41, 5.74) is 0. The predicted octanol–water partition coefficient (Wildman–Crippen LogP) is -1.50. The number of nitrogens with zero attached hydrogens (tertiary/aromatic N) is 4. The first-order valence-electron chi connectivity index (χ1n) is 1.62. The highest BCUT2D eigenvalue weighted by Gasteiger charge is 1.80. The lowest BCUT2D eigenvalue weighted by Gasteiger charge is -1.80. The third-order valence-corrected chi connectivity index (χ3v) is 0.434. The average molecular weight is 98.1 g/mol. The van der Waals surface area contributed by atoms with Crippen molar-refractivity contribution in [1.82, 2.24) is 15.2 Å². The zero-order valence-electron chi connectivity index (χ0n) is 3.35. The largest absolute Gasteiger partial charge is 0.569 e. The van der Waals surface area contributed by atoms with Gasteiger partial charge < -0.3 is 5.21 Å². The Morgan fingerprint density at radius 1 is 1.29 bits per heavy atom. The maximum absolute atomic E-state index is 9.92. The van der Waals surface area contributed by atoms with E-state index in [0.29, 0.717) is 0 Å². The van der Waals surface area contributed by atoms with E-state index in [2.05, 4.69) is 15.2 Å². The normalized spacial score (nSPS) is 8.57. The highest BCUT2D eigenvalue weighted by molar-refractivity contribution is 4.35. The molecule has 0 saturated carbocycles. The Bertz CT molecular complexity index is 140. The van der Waals surface area contributed by atoms with Crippen LogP contribution in [-0.2, 0) is 0 Å². The van der Waals surface area contributed by atoms with E-state index in [4.69, 9.17) is 0 Å². The van der Waals surface area contributed by atoms with E-state index in [9.17, 15) is 5.21 Å². The van der Waals surface area contributed by atoms with Crippen LogP contribution in [0.3, 0.4) is 0 Å². The third kappa shape index (κ3) is 0.783. The van der Waals surface area contributed by atoms with Gasteiger partial charge in [0.05, 0.1) is 15.2 Å². The minimum atomic E-state index is 0.188. The van der Waals surface area contributed by atoms with E-state index in [1.165, 1.54) is 0 Å². The molecule has 1 aromatic rings. The highest BCUT2D eigenvalue weighted by Crippen LogP contribution is 1.49. The lowest BCUT2D eigenvalue weighted by molar-refractivity contribution is -0.729. The Kier molecular flexibility index (Phi) is 0.816. The molecule has 0 aliphatic rings. The zero-order valence-corrected chi connectivity index (χ0v) is 3.35. The van der Waals surface area contributed by atoms with E-state index in [-0.39, 0.29) is 4.96 Å². The van der Waals surface area contributed by atoms with Crippen molar-refractivity contribution >= 4 is 0 Å². The van der Waals surface area contributed by atoms with Crippen LogP contribution in [0, 0.1) is 5.21 Å². The summed E-state index contributed by atoms with van der Waals surface area (Å²) < 4.78 is 0. The van der Waals surface area contributed by atoms with E-state index in [1.54, 1.807) is 0 Å². The van der Waals surface area contributed by atoms with Crippen LogP contribution >= 0.6 is 0 Å². The molecule has 7 heavy (non-hydrogen) atoms. The van der Waals surface area contributed by atoms with Gasteiger partial charge in [-0.2, -0.15) is 0 Å². The number of hydrogen-bond acceptors (Lipinski definition) is 4. The molecule has 0 bridgehead atoms. The van der Waals surface area contributed by atoms with Gasteiger partial charge >= 0.3 is 0 Å². The Morgan fingerprint density at radius 3 is 2.14 bits per heavy atom. The quantitative estimate of drug-likeness (QED) is 0.293. The van der Waals surface area contributed by atoms with Crippen molar-refractivity contribution in [3.05, 3.63) is 17.9 Å². The summed E-state index contributed by atoms with van der Waals surface area (Å²) in [7, 11) is 0. The van der Waals surface area contributed by atoms with Crippen LogP contribution in [0.1, 0.15) is 0 Å². The summed E-state index contributed by atoms with van der Waals surface area (Å²) in [6, 6.07) is 0. The fourth-order valence-corrected chi connectivity index (χ4v) is 0.208. The van der Waals surface area contributed by atoms with Crippen LogP contribution in [0.5, 0.6) is 0 Å². The van der Waals surface area contributed by atoms with Gasteiger partial charge in [-0.3, -0.25) is 0 Å². The summed E-state index contributed by atoms with van der Waals surface area (Å²) in [5, 5.41) is 16.2. The number of rotatable bonds is 0. The number of aromatic nitrogens is 4. The molecular formula is C2H2N4O. The third-order valence-electron chi connectivity index (χ3n) is 0.434. The lowest BCUT2D eigenvalue weighted by Crippen LogP contribution is -2.34. The van der Waals surface area contributed by atoms with Gasteiger partial charge in [0.2, 0.25) is 0 Å². The molecule has 0 aromatic carbocycles.